The average molecular weight is 356 g/mol. The van der Waals surface area contributed by atoms with Crippen molar-refractivity contribution in [3.8, 4) is 16.2 Å². The molecule has 0 unspecified atom stereocenters. The number of phenols is 1. The van der Waals surface area contributed by atoms with E-state index in [1.807, 2.05) is 32.3 Å². The Morgan fingerprint density at radius 1 is 1.32 bits per heavy atom. The minimum absolute atomic E-state index is 0.121. The number of pyridine rings is 1. The number of thiazole rings is 1. The second kappa shape index (κ2) is 7.58. The molecule has 130 valence electrons. The molecular weight excluding hydrogens is 336 g/mol. The van der Waals surface area contributed by atoms with Crippen molar-refractivity contribution in [3.63, 3.8) is 0 Å². The molecule has 2 heterocycles. The fraction of sp³-hybridized carbons (Fsp3) is 0.278. The number of hydrogen-bond donors (Lipinski definition) is 2. The van der Waals surface area contributed by atoms with Crippen LogP contribution in [0.3, 0.4) is 0 Å². The van der Waals surface area contributed by atoms with Gasteiger partial charge in [0.05, 0.1) is 4.88 Å². The fourth-order valence-electron chi connectivity index (χ4n) is 2.50. The van der Waals surface area contributed by atoms with Crippen molar-refractivity contribution in [3.05, 3.63) is 41.7 Å². The molecule has 0 saturated carbocycles. The summed E-state index contributed by atoms with van der Waals surface area (Å²) in [5.74, 6) is -0.0436. The van der Waals surface area contributed by atoms with Crippen LogP contribution in [0.2, 0.25) is 0 Å². The molecular formula is C18H20N4O2S. The lowest BCUT2D eigenvalue weighted by atomic mass is 10.1. The van der Waals surface area contributed by atoms with Crippen molar-refractivity contribution in [1.29, 1.82) is 0 Å². The summed E-state index contributed by atoms with van der Waals surface area (Å²) in [5.41, 5.74) is 1.39. The Bertz CT molecular complexity index is 892. The Labute approximate surface area is 150 Å². The SMILES string of the molecule is CN(C)CCCNC(=O)c1ncc(-c2cc(O)c3ncccc3c2)s1. The van der Waals surface area contributed by atoms with Gasteiger partial charge in [-0.2, -0.15) is 0 Å². The van der Waals surface area contributed by atoms with Gasteiger partial charge < -0.3 is 15.3 Å². The Morgan fingerprint density at radius 2 is 2.16 bits per heavy atom. The number of fused-ring (bicyclic) bond motifs is 1. The van der Waals surface area contributed by atoms with Gasteiger partial charge in [0.15, 0.2) is 5.01 Å². The third kappa shape index (κ3) is 4.12. The highest BCUT2D eigenvalue weighted by Gasteiger charge is 2.13. The standard InChI is InChI=1S/C18H20N4O2S/c1-22(2)8-4-7-20-17(24)18-21-11-15(25-18)13-9-12-5-3-6-19-16(12)14(23)10-13/h3,5-6,9-11,23H,4,7-8H2,1-2H3,(H,20,24). The highest BCUT2D eigenvalue weighted by molar-refractivity contribution is 7.17. The van der Waals surface area contributed by atoms with E-state index in [1.165, 1.54) is 11.3 Å². The number of aromatic hydroxyl groups is 1. The predicted octanol–water partition coefficient (Wildman–Crippen LogP) is 2.75. The summed E-state index contributed by atoms with van der Waals surface area (Å²) >= 11 is 1.31. The molecule has 1 amide bonds. The molecule has 0 bridgehead atoms. The van der Waals surface area contributed by atoms with E-state index in [4.69, 9.17) is 0 Å². The lowest BCUT2D eigenvalue weighted by Gasteiger charge is -2.08. The molecule has 0 saturated heterocycles. The average Bonchev–Trinajstić information content (AvgIpc) is 3.08. The van der Waals surface area contributed by atoms with Crippen LogP contribution in [0.15, 0.2) is 36.7 Å². The van der Waals surface area contributed by atoms with E-state index in [-0.39, 0.29) is 11.7 Å². The van der Waals surface area contributed by atoms with Gasteiger partial charge in [0.25, 0.3) is 5.91 Å². The van der Waals surface area contributed by atoms with Crippen molar-refractivity contribution < 1.29 is 9.90 Å². The van der Waals surface area contributed by atoms with Gasteiger partial charge in [-0.3, -0.25) is 9.78 Å². The molecule has 6 nitrogen and oxygen atoms in total. The summed E-state index contributed by atoms with van der Waals surface area (Å²) in [6, 6.07) is 7.31. The summed E-state index contributed by atoms with van der Waals surface area (Å²) < 4.78 is 0. The van der Waals surface area contributed by atoms with Crippen molar-refractivity contribution in [2.45, 2.75) is 6.42 Å². The molecule has 0 aliphatic rings. The van der Waals surface area contributed by atoms with Gasteiger partial charge in [-0.05, 0) is 50.8 Å². The third-order valence-electron chi connectivity index (χ3n) is 3.74. The van der Waals surface area contributed by atoms with Gasteiger partial charge in [-0.1, -0.05) is 6.07 Å². The van der Waals surface area contributed by atoms with E-state index < -0.39 is 0 Å². The second-order valence-electron chi connectivity index (χ2n) is 6.01. The van der Waals surface area contributed by atoms with E-state index in [0.29, 0.717) is 17.1 Å². The maximum absolute atomic E-state index is 12.2. The molecule has 7 heteroatoms. The van der Waals surface area contributed by atoms with Crippen LogP contribution in [0, 0.1) is 0 Å². The lowest BCUT2D eigenvalue weighted by Crippen LogP contribution is -2.26. The highest BCUT2D eigenvalue weighted by Crippen LogP contribution is 2.33. The van der Waals surface area contributed by atoms with Crippen LogP contribution in [0.4, 0.5) is 0 Å². The molecule has 0 aliphatic carbocycles. The molecule has 3 aromatic rings. The first kappa shape index (κ1) is 17.3. The first-order valence-electron chi connectivity index (χ1n) is 8.01. The Morgan fingerprint density at radius 3 is 2.96 bits per heavy atom. The number of carbonyl (C=O) groups excluding carboxylic acids is 1. The van der Waals surface area contributed by atoms with Crippen LogP contribution in [0.25, 0.3) is 21.3 Å². The number of nitrogens with one attached hydrogen (secondary N) is 1. The number of carbonyl (C=O) groups is 1. The summed E-state index contributed by atoms with van der Waals surface area (Å²) in [4.78, 5) is 23.5. The van der Waals surface area contributed by atoms with Gasteiger partial charge in [0, 0.05) is 24.3 Å². The molecule has 0 atom stereocenters. The summed E-state index contributed by atoms with van der Waals surface area (Å²) in [7, 11) is 4.01. The van der Waals surface area contributed by atoms with E-state index in [9.17, 15) is 9.90 Å². The predicted molar refractivity (Wildman–Crippen MR) is 100 cm³/mol. The number of aromatic nitrogens is 2. The number of nitrogens with zero attached hydrogens (tertiary/aromatic N) is 3. The molecule has 3 rings (SSSR count). The van der Waals surface area contributed by atoms with Gasteiger partial charge in [0.2, 0.25) is 0 Å². The summed E-state index contributed by atoms with van der Waals surface area (Å²) in [5, 5.41) is 14.3. The van der Waals surface area contributed by atoms with Crippen LogP contribution in [-0.2, 0) is 0 Å². The number of hydrogen-bond acceptors (Lipinski definition) is 6. The molecule has 0 radical (unpaired) electrons. The molecule has 0 fully saturated rings. The highest BCUT2D eigenvalue weighted by atomic mass is 32.1. The first-order valence-corrected chi connectivity index (χ1v) is 8.83. The minimum atomic E-state index is -0.165. The lowest BCUT2D eigenvalue weighted by molar-refractivity contribution is 0.0952. The van der Waals surface area contributed by atoms with E-state index in [0.717, 1.165) is 28.8 Å². The molecule has 2 N–H and O–H groups in total. The van der Waals surface area contributed by atoms with Crippen molar-refractivity contribution in [2.24, 2.45) is 0 Å². The third-order valence-corrected chi connectivity index (χ3v) is 4.78. The van der Waals surface area contributed by atoms with E-state index in [2.05, 4.69) is 20.2 Å². The van der Waals surface area contributed by atoms with Crippen LogP contribution < -0.4 is 5.32 Å². The number of phenolic OH excluding ortho intramolecular Hbond substituents is 1. The molecule has 25 heavy (non-hydrogen) atoms. The number of benzene rings is 1. The molecule has 2 aromatic heterocycles. The molecule has 1 aromatic carbocycles. The van der Waals surface area contributed by atoms with E-state index in [1.54, 1.807) is 18.5 Å². The smallest absolute Gasteiger partial charge is 0.280 e. The molecule has 0 spiro atoms. The normalized spacial score (nSPS) is 11.2. The fourth-order valence-corrected chi connectivity index (χ4v) is 3.32. The topological polar surface area (TPSA) is 78.4 Å². The van der Waals surface area contributed by atoms with Gasteiger partial charge >= 0.3 is 0 Å². The number of amides is 1. The van der Waals surface area contributed by atoms with Crippen LogP contribution in [0.1, 0.15) is 16.2 Å². The van der Waals surface area contributed by atoms with E-state index >= 15 is 0 Å². The maximum atomic E-state index is 12.2. The zero-order chi connectivity index (χ0) is 17.8. The summed E-state index contributed by atoms with van der Waals surface area (Å²) in [6.45, 7) is 1.54. The Kier molecular flexibility index (Phi) is 5.25. The van der Waals surface area contributed by atoms with Crippen LogP contribution >= 0.6 is 11.3 Å². The summed E-state index contributed by atoms with van der Waals surface area (Å²) in [6.07, 6.45) is 4.20. The van der Waals surface area contributed by atoms with Crippen LogP contribution in [-0.4, -0.2) is 53.1 Å². The second-order valence-corrected chi connectivity index (χ2v) is 7.04. The zero-order valence-electron chi connectivity index (χ0n) is 14.2. The maximum Gasteiger partial charge on any atom is 0.280 e. The molecule has 0 aliphatic heterocycles. The van der Waals surface area contributed by atoms with Crippen LogP contribution in [0.5, 0.6) is 5.75 Å². The van der Waals surface area contributed by atoms with Crippen molar-refractivity contribution in [2.75, 3.05) is 27.2 Å². The minimum Gasteiger partial charge on any atom is -0.506 e. The quantitative estimate of drug-likeness (QED) is 0.664. The zero-order valence-corrected chi connectivity index (χ0v) is 15.0. The Hall–Kier alpha value is -2.51. The monoisotopic (exact) mass is 356 g/mol. The van der Waals surface area contributed by atoms with Gasteiger partial charge in [0.1, 0.15) is 11.3 Å². The van der Waals surface area contributed by atoms with Crippen molar-refractivity contribution >= 4 is 28.1 Å². The Balaban J connectivity index is 1.74. The largest absolute Gasteiger partial charge is 0.506 e. The van der Waals surface area contributed by atoms with Gasteiger partial charge in [-0.25, -0.2) is 4.98 Å². The number of rotatable bonds is 6. The van der Waals surface area contributed by atoms with Gasteiger partial charge in [-0.15, -0.1) is 11.3 Å². The van der Waals surface area contributed by atoms with Crippen molar-refractivity contribution in [1.82, 2.24) is 20.2 Å². The first-order chi connectivity index (χ1) is 12.0.